The average Bonchev–Trinajstić information content (AvgIpc) is 2.64. The van der Waals surface area contributed by atoms with Crippen molar-refractivity contribution < 1.29 is 0 Å². The van der Waals surface area contributed by atoms with Crippen molar-refractivity contribution in [3.8, 4) is 11.1 Å². The number of aromatic nitrogens is 3. The number of rotatable bonds is 3. The molecule has 25 heavy (non-hydrogen) atoms. The third-order valence-electron chi connectivity index (χ3n) is 4.40. The van der Waals surface area contributed by atoms with Crippen LogP contribution in [0.2, 0.25) is 0 Å². The lowest BCUT2D eigenvalue weighted by molar-refractivity contribution is 0.178. The van der Waals surface area contributed by atoms with E-state index < -0.39 is 0 Å². The van der Waals surface area contributed by atoms with Crippen molar-refractivity contribution in [1.29, 1.82) is 0 Å². The molecule has 6 nitrogen and oxygen atoms in total. The standard InChI is InChI=1S/C18H19BrN6/c1-24-6-8-25(9-7-24)23-18-21-12-15-10-13(2-4-16(15)22-18)14-3-5-17(19)20-11-14/h2-5,10-12H,6-9H2,1H3,(H,21,22,23). The van der Waals surface area contributed by atoms with Gasteiger partial charge in [-0.25, -0.2) is 20.0 Å². The van der Waals surface area contributed by atoms with Crippen molar-refractivity contribution in [2.75, 3.05) is 38.7 Å². The van der Waals surface area contributed by atoms with Crippen LogP contribution in [0.4, 0.5) is 5.95 Å². The largest absolute Gasteiger partial charge is 0.304 e. The van der Waals surface area contributed by atoms with Crippen LogP contribution in [0.1, 0.15) is 0 Å². The van der Waals surface area contributed by atoms with Crippen LogP contribution in [0.25, 0.3) is 22.0 Å². The summed E-state index contributed by atoms with van der Waals surface area (Å²) in [6, 6.07) is 10.2. The first-order valence-electron chi connectivity index (χ1n) is 8.26. The number of hydrogen-bond donors (Lipinski definition) is 1. The second kappa shape index (κ2) is 7.03. The van der Waals surface area contributed by atoms with Crippen molar-refractivity contribution in [2.45, 2.75) is 0 Å². The maximum absolute atomic E-state index is 4.64. The molecule has 0 atom stereocenters. The highest BCUT2D eigenvalue weighted by Gasteiger charge is 2.14. The fraction of sp³-hybridized carbons (Fsp3) is 0.278. The van der Waals surface area contributed by atoms with Gasteiger partial charge >= 0.3 is 0 Å². The molecule has 128 valence electrons. The van der Waals surface area contributed by atoms with Crippen molar-refractivity contribution >= 4 is 32.8 Å². The van der Waals surface area contributed by atoms with Crippen LogP contribution in [0.15, 0.2) is 47.3 Å². The van der Waals surface area contributed by atoms with Crippen LogP contribution in [0, 0.1) is 0 Å². The summed E-state index contributed by atoms with van der Waals surface area (Å²) in [5, 5.41) is 3.19. The van der Waals surface area contributed by atoms with Crippen LogP contribution in [0.5, 0.6) is 0 Å². The zero-order chi connectivity index (χ0) is 17.2. The molecule has 1 aliphatic rings. The Morgan fingerprint density at radius 3 is 2.52 bits per heavy atom. The number of fused-ring (bicyclic) bond motifs is 1. The summed E-state index contributed by atoms with van der Waals surface area (Å²) in [7, 11) is 2.14. The molecule has 1 fully saturated rings. The van der Waals surface area contributed by atoms with Crippen LogP contribution >= 0.6 is 15.9 Å². The molecule has 0 aliphatic carbocycles. The first-order chi connectivity index (χ1) is 12.2. The molecular formula is C18H19BrN6. The molecule has 2 aromatic heterocycles. The Morgan fingerprint density at radius 2 is 1.76 bits per heavy atom. The molecule has 0 unspecified atom stereocenters. The zero-order valence-corrected chi connectivity index (χ0v) is 15.6. The molecule has 7 heteroatoms. The lowest BCUT2D eigenvalue weighted by atomic mass is 10.1. The molecular weight excluding hydrogens is 380 g/mol. The summed E-state index contributed by atoms with van der Waals surface area (Å²) in [4.78, 5) is 15.7. The molecule has 1 aromatic carbocycles. The summed E-state index contributed by atoms with van der Waals surface area (Å²) in [6.07, 6.45) is 3.73. The van der Waals surface area contributed by atoms with E-state index in [0.29, 0.717) is 5.95 Å². The first kappa shape index (κ1) is 16.4. The quantitative estimate of drug-likeness (QED) is 0.684. The summed E-state index contributed by atoms with van der Waals surface area (Å²) < 4.78 is 0.833. The van der Waals surface area contributed by atoms with E-state index >= 15 is 0 Å². The Bertz CT molecular complexity index is 874. The predicted octanol–water partition coefficient (Wildman–Crippen LogP) is 3.03. The Kier molecular flexibility index (Phi) is 4.61. The van der Waals surface area contributed by atoms with Gasteiger partial charge in [0.15, 0.2) is 0 Å². The molecule has 4 rings (SSSR count). The Morgan fingerprint density at radius 1 is 0.960 bits per heavy atom. The minimum absolute atomic E-state index is 0.648. The number of likely N-dealkylation sites (N-methyl/N-ethyl adjacent to an activating group) is 1. The SMILES string of the molecule is CN1CCN(Nc2ncc3cc(-c4ccc(Br)nc4)ccc3n2)CC1. The van der Waals surface area contributed by atoms with Crippen LogP contribution in [-0.4, -0.2) is 58.1 Å². The van der Waals surface area contributed by atoms with E-state index in [4.69, 9.17) is 0 Å². The number of hydrazine groups is 1. The van der Waals surface area contributed by atoms with Gasteiger partial charge in [0, 0.05) is 49.5 Å². The zero-order valence-electron chi connectivity index (χ0n) is 14.0. The average molecular weight is 399 g/mol. The smallest absolute Gasteiger partial charge is 0.238 e. The second-order valence-corrected chi connectivity index (χ2v) is 7.05. The predicted molar refractivity (Wildman–Crippen MR) is 103 cm³/mol. The Balaban J connectivity index is 1.55. The first-order valence-corrected chi connectivity index (χ1v) is 9.05. The van der Waals surface area contributed by atoms with Gasteiger partial charge in [0.1, 0.15) is 4.60 Å². The number of piperazine rings is 1. The van der Waals surface area contributed by atoms with Crippen LogP contribution in [-0.2, 0) is 0 Å². The Labute approximate surface area is 155 Å². The summed E-state index contributed by atoms with van der Waals surface area (Å²) in [5.74, 6) is 0.648. The number of pyridine rings is 1. The van der Waals surface area contributed by atoms with Gasteiger partial charge in [-0.05, 0) is 46.7 Å². The number of hydrogen-bond acceptors (Lipinski definition) is 6. The number of anilines is 1. The topological polar surface area (TPSA) is 57.2 Å². The lowest BCUT2D eigenvalue weighted by Gasteiger charge is -2.32. The maximum atomic E-state index is 4.64. The van der Waals surface area contributed by atoms with Gasteiger partial charge in [-0.2, -0.15) is 0 Å². The second-order valence-electron chi connectivity index (χ2n) is 6.24. The van der Waals surface area contributed by atoms with E-state index in [0.717, 1.165) is 52.8 Å². The highest BCUT2D eigenvalue weighted by molar-refractivity contribution is 9.10. The normalized spacial score (nSPS) is 16.2. The van der Waals surface area contributed by atoms with Crippen molar-refractivity contribution in [2.24, 2.45) is 0 Å². The van der Waals surface area contributed by atoms with Crippen molar-refractivity contribution in [3.63, 3.8) is 0 Å². The van der Waals surface area contributed by atoms with Crippen LogP contribution in [0.3, 0.4) is 0 Å². The van der Waals surface area contributed by atoms with Gasteiger partial charge in [-0.15, -0.1) is 0 Å². The van der Waals surface area contributed by atoms with E-state index in [2.05, 4.69) is 65.4 Å². The van der Waals surface area contributed by atoms with Gasteiger partial charge in [-0.3, -0.25) is 5.43 Å². The summed E-state index contributed by atoms with van der Waals surface area (Å²) in [5.41, 5.74) is 6.43. The minimum atomic E-state index is 0.648. The fourth-order valence-electron chi connectivity index (χ4n) is 2.87. The maximum Gasteiger partial charge on any atom is 0.238 e. The van der Waals surface area contributed by atoms with Crippen molar-refractivity contribution in [1.82, 2.24) is 24.9 Å². The number of benzene rings is 1. The Hall–Kier alpha value is -2.09. The minimum Gasteiger partial charge on any atom is -0.304 e. The van der Waals surface area contributed by atoms with E-state index in [-0.39, 0.29) is 0 Å². The number of nitrogens with zero attached hydrogens (tertiary/aromatic N) is 5. The molecule has 0 bridgehead atoms. The highest BCUT2D eigenvalue weighted by atomic mass is 79.9. The number of halogens is 1. The molecule has 3 heterocycles. The summed E-state index contributed by atoms with van der Waals surface area (Å²) in [6.45, 7) is 4.02. The van der Waals surface area contributed by atoms with Gasteiger partial charge < -0.3 is 4.90 Å². The third kappa shape index (κ3) is 3.78. The van der Waals surface area contributed by atoms with E-state index in [1.165, 1.54) is 0 Å². The molecule has 1 saturated heterocycles. The molecule has 0 saturated carbocycles. The summed E-state index contributed by atoms with van der Waals surface area (Å²) >= 11 is 3.36. The fourth-order valence-corrected chi connectivity index (χ4v) is 3.11. The van der Waals surface area contributed by atoms with E-state index in [1.807, 2.05) is 30.6 Å². The van der Waals surface area contributed by atoms with Gasteiger partial charge in [0.25, 0.3) is 0 Å². The van der Waals surface area contributed by atoms with Gasteiger partial charge in [0.05, 0.1) is 5.52 Å². The van der Waals surface area contributed by atoms with Gasteiger partial charge in [-0.1, -0.05) is 12.1 Å². The van der Waals surface area contributed by atoms with Gasteiger partial charge in [0.2, 0.25) is 5.95 Å². The molecule has 3 aromatic rings. The van der Waals surface area contributed by atoms with Crippen LogP contribution < -0.4 is 5.43 Å². The van der Waals surface area contributed by atoms with E-state index in [1.54, 1.807) is 0 Å². The molecule has 0 spiro atoms. The lowest BCUT2D eigenvalue weighted by Crippen LogP contribution is -2.47. The molecule has 1 N–H and O–H groups in total. The number of nitrogens with one attached hydrogen (secondary N) is 1. The third-order valence-corrected chi connectivity index (χ3v) is 4.87. The highest BCUT2D eigenvalue weighted by Crippen LogP contribution is 2.24. The molecule has 0 radical (unpaired) electrons. The monoisotopic (exact) mass is 398 g/mol. The molecule has 1 aliphatic heterocycles. The van der Waals surface area contributed by atoms with E-state index in [9.17, 15) is 0 Å². The molecule has 0 amide bonds. The van der Waals surface area contributed by atoms with Crippen molar-refractivity contribution in [3.05, 3.63) is 47.3 Å².